The van der Waals surface area contributed by atoms with Gasteiger partial charge in [-0.05, 0) is 26.3 Å². The molecule has 0 aliphatic heterocycles. The highest BCUT2D eigenvalue weighted by Crippen LogP contribution is 2.33. The zero-order valence-corrected chi connectivity index (χ0v) is 17.6. The first-order valence-corrected chi connectivity index (χ1v) is 10.9. The highest BCUT2D eigenvalue weighted by molar-refractivity contribution is 8.00. The van der Waals surface area contributed by atoms with Crippen LogP contribution in [0, 0.1) is 13.8 Å². The number of amides is 1. The van der Waals surface area contributed by atoms with E-state index in [0.717, 1.165) is 20.3 Å². The van der Waals surface area contributed by atoms with Crippen LogP contribution in [0.4, 0.5) is 0 Å². The summed E-state index contributed by atoms with van der Waals surface area (Å²) < 4.78 is 11.8. The summed E-state index contributed by atoms with van der Waals surface area (Å²) in [7, 11) is 0. The van der Waals surface area contributed by atoms with E-state index in [-0.39, 0.29) is 5.91 Å². The van der Waals surface area contributed by atoms with E-state index in [1.807, 2.05) is 31.2 Å². The number of aromatic nitrogens is 4. The van der Waals surface area contributed by atoms with Gasteiger partial charge in [-0.2, -0.15) is 4.98 Å². The van der Waals surface area contributed by atoms with Crippen LogP contribution in [0.15, 0.2) is 37.5 Å². The van der Waals surface area contributed by atoms with Crippen LogP contribution in [-0.4, -0.2) is 32.8 Å². The number of benzene rings is 1. The maximum absolute atomic E-state index is 12.8. The van der Waals surface area contributed by atoms with Gasteiger partial charge in [0.15, 0.2) is 15.9 Å². The molecule has 0 bridgehead atoms. The normalized spacial score (nSPS) is 11.2. The molecule has 0 fully saturated rings. The first kappa shape index (κ1) is 19.6. The quantitative estimate of drug-likeness (QED) is 0.331. The summed E-state index contributed by atoms with van der Waals surface area (Å²) in [5.41, 5.74) is 1.56. The molecule has 0 spiro atoms. The number of fused-ring (bicyclic) bond motifs is 1. The van der Waals surface area contributed by atoms with Gasteiger partial charge in [-0.25, -0.2) is 0 Å². The molecule has 1 amide bonds. The Balaban J connectivity index is 1.44. The van der Waals surface area contributed by atoms with Crippen molar-refractivity contribution in [2.75, 3.05) is 6.54 Å². The fraction of sp³-hybridized carbons (Fsp3) is 0.316. The molecule has 8 nitrogen and oxygen atoms in total. The molecule has 3 heterocycles. The predicted molar refractivity (Wildman–Crippen MR) is 110 cm³/mol. The molecule has 0 radical (unpaired) electrons. The van der Waals surface area contributed by atoms with Gasteiger partial charge in [0.1, 0.15) is 10.6 Å². The van der Waals surface area contributed by atoms with Crippen LogP contribution in [0.2, 0.25) is 0 Å². The summed E-state index contributed by atoms with van der Waals surface area (Å²) in [6, 6.07) is 7.67. The van der Waals surface area contributed by atoms with Gasteiger partial charge in [0.25, 0.3) is 5.91 Å². The Morgan fingerprint density at radius 2 is 2.10 bits per heavy atom. The number of rotatable bonds is 8. The van der Waals surface area contributed by atoms with Crippen LogP contribution < -0.4 is 5.32 Å². The van der Waals surface area contributed by atoms with Gasteiger partial charge >= 0.3 is 0 Å². The molecular weight excluding hydrogens is 410 g/mol. The van der Waals surface area contributed by atoms with Crippen molar-refractivity contribution in [2.24, 2.45) is 0 Å². The van der Waals surface area contributed by atoms with Crippen LogP contribution in [0.3, 0.4) is 0 Å². The Labute approximate surface area is 175 Å². The fourth-order valence-electron chi connectivity index (χ4n) is 2.86. The zero-order valence-electron chi connectivity index (χ0n) is 16.0. The third kappa shape index (κ3) is 4.65. The monoisotopic (exact) mass is 429 g/mol. The standard InChI is InChI=1S/C19H19N5O3S2/c1-11-21-16(27-24-11)8-5-9-20-18(25)17-14(10-28-19-23-22-12(2)29-19)13-6-3-4-7-15(13)26-17/h3-4,6-7H,5,8-10H2,1-2H3,(H,20,25). The molecule has 0 atom stereocenters. The fourth-order valence-corrected chi connectivity index (χ4v) is 4.70. The third-order valence-corrected chi connectivity index (χ3v) is 6.17. The number of thioether (sulfide) groups is 1. The van der Waals surface area contributed by atoms with Crippen LogP contribution in [0.5, 0.6) is 0 Å². The maximum Gasteiger partial charge on any atom is 0.287 e. The van der Waals surface area contributed by atoms with E-state index in [4.69, 9.17) is 8.94 Å². The van der Waals surface area contributed by atoms with Crippen molar-refractivity contribution in [2.45, 2.75) is 36.8 Å². The van der Waals surface area contributed by atoms with Gasteiger partial charge in [0, 0.05) is 29.7 Å². The second-order valence-electron chi connectivity index (χ2n) is 6.38. The number of carbonyl (C=O) groups excluding carboxylic acids is 1. The number of carbonyl (C=O) groups is 1. The number of aryl methyl sites for hydroxylation is 3. The van der Waals surface area contributed by atoms with Gasteiger partial charge in [-0.1, -0.05) is 46.5 Å². The lowest BCUT2D eigenvalue weighted by molar-refractivity contribution is 0.0926. The molecule has 0 unspecified atom stereocenters. The molecule has 3 aromatic heterocycles. The van der Waals surface area contributed by atoms with Crippen LogP contribution in [-0.2, 0) is 12.2 Å². The molecule has 0 saturated heterocycles. The van der Waals surface area contributed by atoms with E-state index in [0.29, 0.717) is 48.2 Å². The minimum Gasteiger partial charge on any atom is -0.451 e. The first-order valence-electron chi connectivity index (χ1n) is 9.11. The Morgan fingerprint density at radius 1 is 1.24 bits per heavy atom. The Bertz CT molecular complexity index is 1130. The number of nitrogens with one attached hydrogen (secondary N) is 1. The van der Waals surface area contributed by atoms with E-state index < -0.39 is 0 Å². The molecule has 4 aromatic rings. The molecule has 4 rings (SSSR count). The summed E-state index contributed by atoms with van der Waals surface area (Å²) in [6.07, 6.45) is 1.31. The molecule has 0 aliphatic carbocycles. The van der Waals surface area contributed by atoms with E-state index in [1.54, 1.807) is 18.7 Å². The summed E-state index contributed by atoms with van der Waals surface area (Å²) >= 11 is 3.09. The van der Waals surface area contributed by atoms with Crippen molar-refractivity contribution < 1.29 is 13.7 Å². The van der Waals surface area contributed by atoms with Gasteiger partial charge in [-0.15, -0.1) is 10.2 Å². The highest BCUT2D eigenvalue weighted by Gasteiger charge is 2.21. The lowest BCUT2D eigenvalue weighted by Crippen LogP contribution is -2.25. The van der Waals surface area contributed by atoms with Gasteiger partial charge in [0.2, 0.25) is 5.89 Å². The van der Waals surface area contributed by atoms with Crippen molar-refractivity contribution in [1.82, 2.24) is 25.7 Å². The average Bonchev–Trinajstić information content (AvgIpc) is 3.42. The summed E-state index contributed by atoms with van der Waals surface area (Å²) in [5, 5.41) is 16.7. The number of nitrogens with zero attached hydrogens (tertiary/aromatic N) is 4. The largest absolute Gasteiger partial charge is 0.451 e. The van der Waals surface area contributed by atoms with Crippen molar-refractivity contribution in [3.8, 4) is 0 Å². The van der Waals surface area contributed by atoms with Gasteiger partial charge in [-0.3, -0.25) is 4.79 Å². The summed E-state index contributed by atoms with van der Waals surface area (Å²) in [4.78, 5) is 16.9. The van der Waals surface area contributed by atoms with Gasteiger partial charge in [0.05, 0.1) is 0 Å². The van der Waals surface area contributed by atoms with E-state index in [9.17, 15) is 4.79 Å². The number of para-hydroxylation sites is 1. The second kappa shape index (κ2) is 8.75. The molecular formula is C19H19N5O3S2. The Kier molecular flexibility index (Phi) is 5.91. The van der Waals surface area contributed by atoms with E-state index >= 15 is 0 Å². The Hall–Kier alpha value is -2.72. The first-order chi connectivity index (χ1) is 14.1. The lowest BCUT2D eigenvalue weighted by atomic mass is 10.1. The number of hydrogen-bond acceptors (Lipinski definition) is 9. The van der Waals surface area contributed by atoms with Crippen LogP contribution >= 0.6 is 23.1 Å². The zero-order chi connectivity index (χ0) is 20.2. The van der Waals surface area contributed by atoms with Crippen LogP contribution in [0.25, 0.3) is 11.0 Å². The maximum atomic E-state index is 12.8. The number of furan rings is 1. The van der Waals surface area contributed by atoms with Crippen LogP contribution in [0.1, 0.15) is 39.3 Å². The summed E-state index contributed by atoms with van der Waals surface area (Å²) in [6.45, 7) is 4.18. The molecule has 10 heteroatoms. The van der Waals surface area contributed by atoms with Crippen molar-refractivity contribution in [3.63, 3.8) is 0 Å². The number of hydrogen-bond donors (Lipinski definition) is 1. The molecule has 29 heavy (non-hydrogen) atoms. The topological polar surface area (TPSA) is 107 Å². The molecule has 0 aliphatic rings. The molecule has 0 saturated carbocycles. The molecule has 1 N–H and O–H groups in total. The molecule has 1 aromatic carbocycles. The SMILES string of the molecule is Cc1noc(CCCNC(=O)c2oc3ccccc3c2CSc2nnc(C)s2)n1. The van der Waals surface area contributed by atoms with E-state index in [1.165, 1.54) is 11.3 Å². The highest BCUT2D eigenvalue weighted by atomic mass is 32.2. The van der Waals surface area contributed by atoms with E-state index in [2.05, 4.69) is 25.7 Å². The average molecular weight is 430 g/mol. The second-order valence-corrected chi connectivity index (χ2v) is 8.78. The van der Waals surface area contributed by atoms with Crippen molar-refractivity contribution >= 4 is 40.0 Å². The Morgan fingerprint density at radius 3 is 2.86 bits per heavy atom. The smallest absolute Gasteiger partial charge is 0.287 e. The summed E-state index contributed by atoms with van der Waals surface area (Å²) in [5.74, 6) is 1.87. The lowest BCUT2D eigenvalue weighted by Gasteiger charge is -2.04. The molecule has 150 valence electrons. The van der Waals surface area contributed by atoms with Crippen molar-refractivity contribution in [1.29, 1.82) is 0 Å². The third-order valence-electron chi connectivity index (χ3n) is 4.17. The predicted octanol–water partition coefficient (Wildman–Crippen LogP) is 3.94. The minimum absolute atomic E-state index is 0.230. The van der Waals surface area contributed by atoms with Gasteiger partial charge < -0.3 is 14.3 Å². The minimum atomic E-state index is -0.230. The van der Waals surface area contributed by atoms with Crippen molar-refractivity contribution in [3.05, 3.63) is 52.3 Å².